The standard InChI is InChI=1S/C21H20N2O5S/c1-2-27-19-11-12-20(16-8-4-3-7-15(16)19)29(25,26)22-17-9-5-6-10-18(17)23-13-14-28-21(23)24/h3-12,22H,2,13-14H2,1H3. The highest BCUT2D eigenvalue weighted by atomic mass is 32.2. The van der Waals surface area contributed by atoms with Gasteiger partial charge in [-0.1, -0.05) is 36.4 Å². The quantitative estimate of drug-likeness (QED) is 0.662. The molecule has 1 amide bonds. The number of nitrogens with zero attached hydrogens (tertiary/aromatic N) is 1. The Hall–Kier alpha value is -3.26. The molecule has 0 aromatic heterocycles. The van der Waals surface area contributed by atoms with E-state index in [0.29, 0.717) is 41.0 Å². The van der Waals surface area contributed by atoms with Gasteiger partial charge in [0.05, 0.1) is 29.4 Å². The largest absolute Gasteiger partial charge is 0.493 e. The van der Waals surface area contributed by atoms with Crippen LogP contribution in [-0.2, 0) is 14.8 Å². The van der Waals surface area contributed by atoms with Crippen LogP contribution in [0.4, 0.5) is 16.2 Å². The van der Waals surface area contributed by atoms with Crippen molar-refractivity contribution in [2.75, 3.05) is 29.4 Å². The molecule has 8 heteroatoms. The average molecular weight is 412 g/mol. The highest BCUT2D eigenvalue weighted by Crippen LogP contribution is 2.34. The molecule has 1 heterocycles. The van der Waals surface area contributed by atoms with Crippen LogP contribution < -0.4 is 14.4 Å². The molecule has 0 saturated carbocycles. The van der Waals surface area contributed by atoms with Crippen molar-refractivity contribution < 1.29 is 22.7 Å². The molecule has 1 N–H and O–H groups in total. The lowest BCUT2D eigenvalue weighted by molar-refractivity contribution is 0.181. The van der Waals surface area contributed by atoms with Crippen molar-refractivity contribution >= 4 is 38.3 Å². The molecule has 3 aromatic rings. The van der Waals surface area contributed by atoms with Gasteiger partial charge in [-0.2, -0.15) is 0 Å². The van der Waals surface area contributed by atoms with Gasteiger partial charge in [0.25, 0.3) is 10.0 Å². The number of nitrogens with one attached hydrogen (secondary N) is 1. The molecule has 1 aliphatic heterocycles. The molecule has 0 radical (unpaired) electrons. The number of sulfonamides is 1. The number of cyclic esters (lactones) is 1. The van der Waals surface area contributed by atoms with Gasteiger partial charge in [0.2, 0.25) is 0 Å². The predicted molar refractivity (Wildman–Crippen MR) is 111 cm³/mol. The summed E-state index contributed by atoms with van der Waals surface area (Å²) >= 11 is 0. The highest BCUT2D eigenvalue weighted by Gasteiger charge is 2.27. The molecule has 0 atom stereocenters. The smallest absolute Gasteiger partial charge is 0.414 e. The lowest BCUT2D eigenvalue weighted by atomic mass is 10.1. The summed E-state index contributed by atoms with van der Waals surface area (Å²) in [4.78, 5) is 13.5. The third kappa shape index (κ3) is 3.58. The summed E-state index contributed by atoms with van der Waals surface area (Å²) in [6.07, 6.45) is -0.497. The lowest BCUT2D eigenvalue weighted by Gasteiger charge is -2.19. The minimum atomic E-state index is -3.93. The van der Waals surface area contributed by atoms with E-state index in [1.807, 2.05) is 19.1 Å². The first-order valence-electron chi connectivity index (χ1n) is 9.22. The van der Waals surface area contributed by atoms with Crippen LogP contribution in [0.15, 0.2) is 65.6 Å². The molecule has 0 aliphatic carbocycles. The number of hydrogen-bond donors (Lipinski definition) is 1. The number of para-hydroxylation sites is 2. The second-order valence-electron chi connectivity index (χ2n) is 6.43. The first-order valence-corrected chi connectivity index (χ1v) is 10.7. The van der Waals surface area contributed by atoms with Gasteiger partial charge in [-0.15, -0.1) is 0 Å². The first-order chi connectivity index (χ1) is 14.0. The minimum Gasteiger partial charge on any atom is -0.493 e. The lowest BCUT2D eigenvalue weighted by Crippen LogP contribution is -2.25. The molecule has 4 rings (SSSR count). The zero-order valence-corrected chi connectivity index (χ0v) is 16.6. The maximum Gasteiger partial charge on any atom is 0.414 e. The van der Waals surface area contributed by atoms with Crippen molar-refractivity contribution in [1.29, 1.82) is 0 Å². The first kappa shape index (κ1) is 19.1. The molecule has 29 heavy (non-hydrogen) atoms. The topological polar surface area (TPSA) is 84.9 Å². The Labute approximate surface area is 168 Å². The van der Waals surface area contributed by atoms with Crippen LogP contribution in [0.25, 0.3) is 10.8 Å². The number of rotatable bonds is 6. The second kappa shape index (κ2) is 7.63. The van der Waals surface area contributed by atoms with Crippen LogP contribution in [-0.4, -0.2) is 34.3 Å². The fourth-order valence-electron chi connectivity index (χ4n) is 3.37. The number of hydrogen-bond acceptors (Lipinski definition) is 5. The van der Waals surface area contributed by atoms with Gasteiger partial charge in [0.1, 0.15) is 12.4 Å². The number of anilines is 2. The number of benzene rings is 3. The van der Waals surface area contributed by atoms with Crippen molar-refractivity contribution in [1.82, 2.24) is 0 Å². The van der Waals surface area contributed by atoms with Gasteiger partial charge in [-0.25, -0.2) is 13.2 Å². The summed E-state index contributed by atoms with van der Waals surface area (Å²) < 4.78 is 39.7. The van der Waals surface area contributed by atoms with Gasteiger partial charge >= 0.3 is 6.09 Å². The van der Waals surface area contributed by atoms with Crippen LogP contribution >= 0.6 is 0 Å². The van der Waals surface area contributed by atoms with E-state index < -0.39 is 16.1 Å². The van der Waals surface area contributed by atoms with Crippen molar-refractivity contribution in [3.8, 4) is 5.75 Å². The number of carbonyl (C=O) groups is 1. The van der Waals surface area contributed by atoms with E-state index in [1.54, 1.807) is 42.5 Å². The summed E-state index contributed by atoms with van der Waals surface area (Å²) in [5.41, 5.74) is 0.762. The molecule has 3 aromatic carbocycles. The zero-order valence-electron chi connectivity index (χ0n) is 15.8. The predicted octanol–water partition coefficient (Wildman–Crippen LogP) is 4.00. The zero-order chi connectivity index (χ0) is 20.4. The monoisotopic (exact) mass is 412 g/mol. The number of fused-ring (bicyclic) bond motifs is 1. The van der Waals surface area contributed by atoms with E-state index in [1.165, 1.54) is 11.0 Å². The SMILES string of the molecule is CCOc1ccc(S(=O)(=O)Nc2ccccc2N2CCOC2=O)c2ccccc12. The summed E-state index contributed by atoms with van der Waals surface area (Å²) in [6.45, 7) is 2.99. The Morgan fingerprint density at radius 3 is 2.48 bits per heavy atom. The maximum atomic E-state index is 13.2. The molecule has 1 saturated heterocycles. The van der Waals surface area contributed by atoms with E-state index in [0.717, 1.165) is 0 Å². The van der Waals surface area contributed by atoms with Gasteiger partial charge in [-0.05, 0) is 31.2 Å². The van der Waals surface area contributed by atoms with Crippen molar-refractivity contribution in [3.63, 3.8) is 0 Å². The van der Waals surface area contributed by atoms with E-state index in [-0.39, 0.29) is 11.5 Å². The van der Waals surface area contributed by atoms with Crippen LogP contribution in [0.5, 0.6) is 5.75 Å². The number of ether oxygens (including phenoxy) is 2. The molecule has 150 valence electrons. The Balaban J connectivity index is 1.76. The van der Waals surface area contributed by atoms with Crippen LogP contribution in [0, 0.1) is 0 Å². The molecule has 0 bridgehead atoms. The normalized spacial score (nSPS) is 14.1. The Morgan fingerprint density at radius 2 is 1.76 bits per heavy atom. The highest BCUT2D eigenvalue weighted by molar-refractivity contribution is 7.93. The van der Waals surface area contributed by atoms with Crippen molar-refractivity contribution in [2.24, 2.45) is 0 Å². The van der Waals surface area contributed by atoms with Gasteiger partial charge in [0, 0.05) is 10.8 Å². The average Bonchev–Trinajstić information content (AvgIpc) is 3.14. The summed E-state index contributed by atoms with van der Waals surface area (Å²) in [5, 5.41) is 1.28. The summed E-state index contributed by atoms with van der Waals surface area (Å²) in [5.74, 6) is 0.627. The van der Waals surface area contributed by atoms with Gasteiger partial charge < -0.3 is 9.47 Å². The van der Waals surface area contributed by atoms with E-state index >= 15 is 0 Å². The Kier molecular flexibility index (Phi) is 5.02. The van der Waals surface area contributed by atoms with Crippen molar-refractivity contribution in [2.45, 2.75) is 11.8 Å². The summed E-state index contributed by atoms with van der Waals surface area (Å²) in [6, 6.07) is 17.1. The van der Waals surface area contributed by atoms with E-state index in [9.17, 15) is 13.2 Å². The van der Waals surface area contributed by atoms with Crippen LogP contribution in [0.3, 0.4) is 0 Å². The number of amides is 1. The van der Waals surface area contributed by atoms with Crippen LogP contribution in [0.2, 0.25) is 0 Å². The molecular weight excluding hydrogens is 392 g/mol. The van der Waals surface area contributed by atoms with Crippen molar-refractivity contribution in [3.05, 3.63) is 60.7 Å². The molecule has 0 spiro atoms. The minimum absolute atomic E-state index is 0.135. The molecule has 0 unspecified atom stereocenters. The molecule has 1 aliphatic rings. The molecule has 7 nitrogen and oxygen atoms in total. The van der Waals surface area contributed by atoms with E-state index in [2.05, 4.69) is 4.72 Å². The van der Waals surface area contributed by atoms with Gasteiger partial charge in [0.15, 0.2) is 0 Å². The summed E-state index contributed by atoms with van der Waals surface area (Å²) in [7, 11) is -3.93. The maximum absolute atomic E-state index is 13.2. The fourth-order valence-corrected chi connectivity index (χ4v) is 4.65. The molecular formula is C21H20N2O5S. The number of carbonyl (C=O) groups excluding carboxylic acids is 1. The second-order valence-corrected chi connectivity index (χ2v) is 8.08. The fraction of sp³-hybridized carbons (Fsp3) is 0.190. The third-order valence-corrected chi connectivity index (χ3v) is 6.06. The van der Waals surface area contributed by atoms with Crippen LogP contribution in [0.1, 0.15) is 6.92 Å². The Morgan fingerprint density at radius 1 is 1.03 bits per heavy atom. The van der Waals surface area contributed by atoms with Gasteiger partial charge in [-0.3, -0.25) is 9.62 Å². The molecule has 1 fully saturated rings. The third-order valence-electron chi connectivity index (χ3n) is 4.63. The Bertz CT molecular complexity index is 1180. The van der Waals surface area contributed by atoms with E-state index in [4.69, 9.17) is 9.47 Å².